The molecule has 1 aromatic rings. The number of amides is 2. The average Bonchev–Trinajstić information content (AvgIpc) is 2.60. The van der Waals surface area contributed by atoms with Gasteiger partial charge in [0.25, 0.3) is 0 Å². The summed E-state index contributed by atoms with van der Waals surface area (Å²) >= 11 is 0. The Bertz CT molecular complexity index is 681. The first-order chi connectivity index (χ1) is 12.6. The normalized spacial score (nSPS) is 15.7. The lowest BCUT2D eigenvalue weighted by Crippen LogP contribution is -2.42. The van der Waals surface area contributed by atoms with E-state index in [4.69, 9.17) is 0 Å². The molecule has 5 nitrogen and oxygen atoms in total. The number of likely N-dealkylation sites (tertiary alicyclic amines) is 1. The summed E-state index contributed by atoms with van der Waals surface area (Å²) in [5.41, 5.74) is 2.84. The minimum atomic E-state index is -4.55. The van der Waals surface area contributed by atoms with Gasteiger partial charge in [-0.1, -0.05) is 32.0 Å². The van der Waals surface area contributed by atoms with Crippen LogP contribution in [0.2, 0.25) is 0 Å². The molecule has 1 heterocycles. The van der Waals surface area contributed by atoms with E-state index in [1.165, 1.54) is 4.90 Å². The number of carbonyl (C=O) groups excluding carboxylic acids is 2. The Kier molecular flexibility index (Phi) is 6.73. The number of hydrogen-bond acceptors (Lipinski definition) is 3. The molecule has 8 heteroatoms. The highest BCUT2D eigenvalue weighted by Gasteiger charge is 2.33. The molecule has 1 aliphatic rings. The molecule has 0 radical (unpaired) electrons. The topological polar surface area (TPSA) is 58.6 Å². The minimum Gasteiger partial charge on any atom is -0.440 e. The van der Waals surface area contributed by atoms with Crippen molar-refractivity contribution in [2.45, 2.75) is 45.7 Å². The number of para-hydroxylation sites is 1. The second-order valence-electron chi connectivity index (χ2n) is 7.11. The number of nitrogens with one attached hydrogen (secondary N) is 1. The molecule has 0 saturated carbocycles. The molecule has 0 unspecified atom stereocenters. The number of halogens is 3. The van der Waals surface area contributed by atoms with Crippen LogP contribution in [0.25, 0.3) is 0 Å². The predicted molar refractivity (Wildman–Crippen MR) is 95.6 cm³/mol. The van der Waals surface area contributed by atoms with Crippen molar-refractivity contribution >= 4 is 17.7 Å². The van der Waals surface area contributed by atoms with Crippen molar-refractivity contribution in [3.63, 3.8) is 0 Å². The van der Waals surface area contributed by atoms with E-state index in [0.717, 1.165) is 16.8 Å². The summed E-state index contributed by atoms with van der Waals surface area (Å²) in [6.07, 6.45) is -4.77. The zero-order chi connectivity index (χ0) is 20.2. The van der Waals surface area contributed by atoms with Crippen molar-refractivity contribution in [3.8, 4) is 0 Å². The van der Waals surface area contributed by atoms with Crippen LogP contribution in [0, 0.1) is 12.8 Å². The molecule has 0 spiro atoms. The average molecular weight is 386 g/mol. The summed E-state index contributed by atoms with van der Waals surface area (Å²) in [7, 11) is 0. The van der Waals surface area contributed by atoms with Crippen LogP contribution in [0.4, 0.5) is 23.7 Å². The number of ether oxygens (including phenoxy) is 1. The van der Waals surface area contributed by atoms with Gasteiger partial charge in [0, 0.05) is 24.7 Å². The van der Waals surface area contributed by atoms with Gasteiger partial charge in [0.1, 0.15) is 0 Å². The maximum atomic E-state index is 12.6. The summed E-state index contributed by atoms with van der Waals surface area (Å²) in [5, 5.41) is 3.00. The Balaban J connectivity index is 1.91. The maximum absolute atomic E-state index is 12.6. The minimum absolute atomic E-state index is 0.130. The summed E-state index contributed by atoms with van der Waals surface area (Å²) in [4.78, 5) is 25.5. The molecule has 2 amide bonds. The standard InChI is InChI=1S/C19H25F3N2O3/c1-12(2)15-6-4-5-13(3)16(15)23-17(25)14-7-9-24(10-8-14)18(26)27-11-19(20,21)22/h4-6,12,14H,7-11H2,1-3H3,(H,23,25). The molecule has 150 valence electrons. The van der Waals surface area contributed by atoms with Crippen molar-refractivity contribution in [1.82, 2.24) is 4.90 Å². The van der Waals surface area contributed by atoms with Crippen LogP contribution in [0.15, 0.2) is 18.2 Å². The highest BCUT2D eigenvalue weighted by molar-refractivity contribution is 5.94. The van der Waals surface area contributed by atoms with Gasteiger partial charge in [-0.15, -0.1) is 0 Å². The third-order valence-electron chi connectivity index (χ3n) is 4.66. The van der Waals surface area contributed by atoms with Gasteiger partial charge in [-0.2, -0.15) is 13.2 Å². The number of carbonyl (C=O) groups is 2. The number of rotatable bonds is 4. The lowest BCUT2D eigenvalue weighted by Gasteiger charge is -2.31. The van der Waals surface area contributed by atoms with Crippen molar-refractivity contribution in [2.24, 2.45) is 5.92 Å². The first-order valence-corrected chi connectivity index (χ1v) is 8.97. The third kappa shape index (κ3) is 5.87. The number of anilines is 1. The fourth-order valence-corrected chi connectivity index (χ4v) is 3.13. The number of alkyl halides is 3. The smallest absolute Gasteiger partial charge is 0.422 e. The summed E-state index contributed by atoms with van der Waals surface area (Å²) in [5.74, 6) is -0.170. The van der Waals surface area contributed by atoms with Gasteiger partial charge >= 0.3 is 12.3 Å². The molecule has 2 rings (SSSR count). The quantitative estimate of drug-likeness (QED) is 0.831. The molecule has 1 N–H and O–H groups in total. The second-order valence-corrected chi connectivity index (χ2v) is 7.11. The molecule has 1 aromatic carbocycles. The van der Waals surface area contributed by atoms with Gasteiger partial charge in [-0.25, -0.2) is 4.79 Å². The van der Waals surface area contributed by atoms with Crippen molar-refractivity contribution in [3.05, 3.63) is 29.3 Å². The van der Waals surface area contributed by atoms with E-state index in [-0.39, 0.29) is 30.8 Å². The van der Waals surface area contributed by atoms with Gasteiger partial charge in [0.05, 0.1) is 0 Å². The molecule has 0 aromatic heterocycles. The van der Waals surface area contributed by atoms with Crippen molar-refractivity contribution in [1.29, 1.82) is 0 Å². The monoisotopic (exact) mass is 386 g/mol. The fraction of sp³-hybridized carbons (Fsp3) is 0.579. The van der Waals surface area contributed by atoms with Crippen LogP contribution in [-0.2, 0) is 9.53 Å². The van der Waals surface area contributed by atoms with E-state index in [1.807, 2.05) is 25.1 Å². The lowest BCUT2D eigenvalue weighted by molar-refractivity contribution is -0.162. The van der Waals surface area contributed by atoms with Crippen LogP contribution in [0.1, 0.15) is 43.7 Å². The number of aryl methyl sites for hydroxylation is 1. The van der Waals surface area contributed by atoms with E-state index in [2.05, 4.69) is 23.9 Å². The number of benzene rings is 1. The first-order valence-electron chi connectivity index (χ1n) is 8.97. The highest BCUT2D eigenvalue weighted by Crippen LogP contribution is 2.29. The second kappa shape index (κ2) is 8.63. The van der Waals surface area contributed by atoms with Crippen molar-refractivity contribution in [2.75, 3.05) is 25.0 Å². The molecule has 0 aliphatic carbocycles. The van der Waals surface area contributed by atoms with Gasteiger partial charge in [-0.3, -0.25) is 4.79 Å². The Hall–Kier alpha value is -2.25. The van der Waals surface area contributed by atoms with E-state index >= 15 is 0 Å². The molecule has 1 fully saturated rings. The Morgan fingerprint density at radius 3 is 2.44 bits per heavy atom. The molecule has 1 saturated heterocycles. The summed E-state index contributed by atoms with van der Waals surface area (Å²) in [6, 6.07) is 5.86. The van der Waals surface area contributed by atoms with E-state index in [1.54, 1.807) is 0 Å². The largest absolute Gasteiger partial charge is 0.440 e. The first kappa shape index (κ1) is 21.1. The van der Waals surface area contributed by atoms with Crippen LogP contribution in [0.3, 0.4) is 0 Å². The Labute approximate surface area is 156 Å². The van der Waals surface area contributed by atoms with Crippen LogP contribution in [0.5, 0.6) is 0 Å². The van der Waals surface area contributed by atoms with Crippen LogP contribution in [-0.4, -0.2) is 42.8 Å². The SMILES string of the molecule is Cc1cccc(C(C)C)c1NC(=O)C1CCN(C(=O)OCC(F)(F)F)CC1. The number of hydrogen-bond donors (Lipinski definition) is 1. The fourth-order valence-electron chi connectivity index (χ4n) is 3.13. The van der Waals surface area contributed by atoms with E-state index in [0.29, 0.717) is 12.8 Å². The van der Waals surface area contributed by atoms with Gasteiger partial charge in [0.15, 0.2) is 6.61 Å². The van der Waals surface area contributed by atoms with Gasteiger partial charge in [-0.05, 0) is 36.8 Å². The van der Waals surface area contributed by atoms with Crippen molar-refractivity contribution < 1.29 is 27.5 Å². The molecular weight excluding hydrogens is 361 g/mol. The highest BCUT2D eigenvalue weighted by atomic mass is 19.4. The van der Waals surface area contributed by atoms with Crippen LogP contribution >= 0.6 is 0 Å². The molecule has 0 atom stereocenters. The summed E-state index contributed by atoms with van der Waals surface area (Å²) in [6.45, 7) is 4.82. The zero-order valence-corrected chi connectivity index (χ0v) is 15.7. The molecular formula is C19H25F3N2O3. The molecule has 27 heavy (non-hydrogen) atoms. The zero-order valence-electron chi connectivity index (χ0n) is 15.7. The molecule has 0 bridgehead atoms. The van der Waals surface area contributed by atoms with Gasteiger partial charge in [0.2, 0.25) is 5.91 Å². The Morgan fingerprint density at radius 1 is 1.26 bits per heavy atom. The van der Waals surface area contributed by atoms with E-state index < -0.39 is 18.9 Å². The summed E-state index contributed by atoms with van der Waals surface area (Å²) < 4.78 is 40.7. The Morgan fingerprint density at radius 2 is 1.89 bits per heavy atom. The predicted octanol–water partition coefficient (Wildman–Crippen LogP) is 4.47. The van der Waals surface area contributed by atoms with Gasteiger partial charge < -0.3 is 15.0 Å². The lowest BCUT2D eigenvalue weighted by atomic mass is 9.94. The third-order valence-corrected chi connectivity index (χ3v) is 4.66. The van der Waals surface area contributed by atoms with Crippen LogP contribution < -0.4 is 5.32 Å². The van der Waals surface area contributed by atoms with E-state index in [9.17, 15) is 22.8 Å². The number of piperidine rings is 1. The number of nitrogens with zero attached hydrogens (tertiary/aromatic N) is 1. The maximum Gasteiger partial charge on any atom is 0.422 e. The molecule has 1 aliphatic heterocycles.